The lowest BCUT2D eigenvalue weighted by Gasteiger charge is -2.27. The molecule has 26 heavy (non-hydrogen) atoms. The third-order valence-corrected chi connectivity index (χ3v) is 5.59. The second-order valence-electron chi connectivity index (χ2n) is 6.44. The number of halogens is 2. The molecule has 0 aliphatic carbocycles. The highest BCUT2D eigenvalue weighted by atomic mass is 35.5. The zero-order valence-electron chi connectivity index (χ0n) is 14.3. The van der Waals surface area contributed by atoms with Crippen LogP contribution in [0.4, 0.5) is 5.69 Å². The summed E-state index contributed by atoms with van der Waals surface area (Å²) in [7, 11) is 3.66. The van der Waals surface area contributed by atoms with Crippen LogP contribution in [0.5, 0.6) is 0 Å². The van der Waals surface area contributed by atoms with Gasteiger partial charge >= 0.3 is 0 Å². The summed E-state index contributed by atoms with van der Waals surface area (Å²) in [5.74, 6) is 0.0788. The van der Waals surface area contributed by atoms with Gasteiger partial charge in [-0.05, 0) is 23.8 Å². The largest absolute Gasteiger partial charge is 0.379 e. The van der Waals surface area contributed by atoms with Gasteiger partial charge < -0.3 is 10.2 Å². The van der Waals surface area contributed by atoms with E-state index in [-0.39, 0.29) is 18.0 Å². The molecular weight excluding hydrogens is 373 g/mol. The molecule has 0 radical (unpaired) electrons. The average molecular weight is 390 g/mol. The molecule has 1 aromatic carbocycles. The molecule has 4 rings (SSSR count). The van der Waals surface area contributed by atoms with Crippen molar-refractivity contribution in [3.05, 3.63) is 52.3 Å². The minimum atomic E-state index is -0.142. The zero-order valence-corrected chi connectivity index (χ0v) is 15.8. The molecule has 1 aliphatic heterocycles. The van der Waals surface area contributed by atoms with Crippen LogP contribution in [0, 0.1) is 0 Å². The highest BCUT2D eigenvalue weighted by Crippen LogP contribution is 2.37. The first kappa shape index (κ1) is 17.1. The number of fused-ring (bicyclic) bond motifs is 1. The minimum absolute atomic E-state index is 0.0788. The predicted molar refractivity (Wildman–Crippen MR) is 103 cm³/mol. The van der Waals surface area contributed by atoms with Gasteiger partial charge in [0.15, 0.2) is 5.65 Å². The van der Waals surface area contributed by atoms with Crippen molar-refractivity contribution in [3.8, 4) is 0 Å². The van der Waals surface area contributed by atoms with E-state index in [2.05, 4.69) is 15.4 Å². The second-order valence-corrected chi connectivity index (χ2v) is 7.26. The number of nitrogens with one attached hydrogen (secondary N) is 1. The van der Waals surface area contributed by atoms with Gasteiger partial charge in [0, 0.05) is 32.4 Å². The lowest BCUT2D eigenvalue weighted by molar-refractivity contribution is -0.127. The van der Waals surface area contributed by atoms with E-state index in [1.54, 1.807) is 28.0 Å². The lowest BCUT2D eigenvalue weighted by Crippen LogP contribution is -2.29. The second kappa shape index (κ2) is 6.45. The van der Waals surface area contributed by atoms with Crippen molar-refractivity contribution >= 4 is 45.8 Å². The monoisotopic (exact) mass is 389 g/mol. The van der Waals surface area contributed by atoms with Crippen molar-refractivity contribution in [1.29, 1.82) is 0 Å². The summed E-state index contributed by atoms with van der Waals surface area (Å²) >= 11 is 12.2. The van der Waals surface area contributed by atoms with Crippen LogP contribution >= 0.6 is 23.2 Å². The first-order valence-electron chi connectivity index (χ1n) is 8.19. The zero-order chi connectivity index (χ0) is 18.4. The first-order chi connectivity index (χ1) is 12.5. The molecule has 1 amide bonds. The SMILES string of the molecule is CN1C(=O)C[C@@H](Nc2ccnc3c2cnn3C)[C@@H]1c1ccc(Cl)c(Cl)c1. The third kappa shape index (κ3) is 2.79. The predicted octanol–water partition coefficient (Wildman–Crippen LogP) is 3.66. The van der Waals surface area contributed by atoms with Crippen molar-refractivity contribution in [2.75, 3.05) is 12.4 Å². The highest BCUT2D eigenvalue weighted by molar-refractivity contribution is 6.42. The number of nitrogens with zero attached hydrogens (tertiary/aromatic N) is 4. The van der Waals surface area contributed by atoms with E-state index in [9.17, 15) is 4.79 Å². The maximum absolute atomic E-state index is 12.4. The first-order valence-corrected chi connectivity index (χ1v) is 8.95. The number of rotatable bonds is 3. The number of pyridine rings is 1. The molecule has 8 heteroatoms. The summed E-state index contributed by atoms with van der Waals surface area (Å²) in [6.07, 6.45) is 3.91. The van der Waals surface area contributed by atoms with Crippen molar-refractivity contribution in [3.63, 3.8) is 0 Å². The normalized spacial score (nSPS) is 20.2. The summed E-state index contributed by atoms with van der Waals surface area (Å²) in [6, 6.07) is 7.16. The van der Waals surface area contributed by atoms with Gasteiger partial charge in [0.25, 0.3) is 0 Å². The van der Waals surface area contributed by atoms with Gasteiger partial charge in [-0.15, -0.1) is 0 Å². The fourth-order valence-corrected chi connectivity index (χ4v) is 3.83. The molecule has 0 unspecified atom stereocenters. The van der Waals surface area contributed by atoms with E-state index >= 15 is 0 Å². The van der Waals surface area contributed by atoms with Gasteiger partial charge in [-0.1, -0.05) is 29.3 Å². The molecule has 1 fully saturated rings. The summed E-state index contributed by atoms with van der Waals surface area (Å²) < 4.78 is 1.73. The average Bonchev–Trinajstić information content (AvgIpc) is 3.12. The standard InChI is InChI=1S/C18H17Cl2N5O/c1-24-16(26)8-15(17(24)10-3-4-12(19)13(20)7-10)23-14-5-6-21-18-11(14)9-22-25(18)2/h3-7,9,15,17H,8H2,1-2H3,(H,21,23)/t15-,17+/m1/s1. The molecule has 3 aromatic rings. The fourth-order valence-electron chi connectivity index (χ4n) is 3.52. The Morgan fingerprint density at radius 3 is 2.77 bits per heavy atom. The van der Waals surface area contributed by atoms with Crippen LogP contribution in [0.15, 0.2) is 36.7 Å². The molecule has 2 aromatic heterocycles. The van der Waals surface area contributed by atoms with Crippen LogP contribution in [0.3, 0.4) is 0 Å². The molecule has 0 bridgehead atoms. The number of benzene rings is 1. The minimum Gasteiger partial charge on any atom is -0.379 e. The maximum Gasteiger partial charge on any atom is 0.225 e. The molecule has 0 spiro atoms. The fraction of sp³-hybridized carbons (Fsp3) is 0.278. The van der Waals surface area contributed by atoms with Gasteiger partial charge in [0.05, 0.1) is 33.7 Å². The lowest BCUT2D eigenvalue weighted by atomic mass is 9.99. The van der Waals surface area contributed by atoms with Gasteiger partial charge in [0.2, 0.25) is 5.91 Å². The Labute approximate surface area is 160 Å². The number of aryl methyl sites for hydroxylation is 1. The van der Waals surface area contributed by atoms with Crippen LogP contribution in [-0.4, -0.2) is 38.7 Å². The molecule has 1 N–H and O–H groups in total. The Bertz CT molecular complexity index is 1000. The van der Waals surface area contributed by atoms with Crippen LogP contribution in [0.25, 0.3) is 11.0 Å². The number of carbonyl (C=O) groups excluding carboxylic acids is 1. The molecule has 134 valence electrons. The van der Waals surface area contributed by atoms with Crippen LogP contribution in [0.2, 0.25) is 10.0 Å². The smallest absolute Gasteiger partial charge is 0.225 e. The number of likely N-dealkylation sites (tertiary alicyclic amines) is 1. The Hall–Kier alpha value is -2.31. The number of carbonyl (C=O) groups is 1. The van der Waals surface area contributed by atoms with E-state index in [4.69, 9.17) is 23.2 Å². The van der Waals surface area contributed by atoms with Crippen molar-refractivity contribution in [2.24, 2.45) is 7.05 Å². The summed E-state index contributed by atoms with van der Waals surface area (Å²) in [5.41, 5.74) is 2.64. The number of aromatic nitrogens is 3. The Balaban J connectivity index is 1.71. The van der Waals surface area contributed by atoms with Crippen LogP contribution < -0.4 is 5.32 Å². The molecular formula is C18H17Cl2N5O. The molecule has 0 saturated carbocycles. The Morgan fingerprint density at radius 1 is 1.19 bits per heavy atom. The van der Waals surface area contributed by atoms with E-state index in [1.165, 1.54) is 0 Å². The summed E-state index contributed by atoms with van der Waals surface area (Å²) in [6.45, 7) is 0. The highest BCUT2D eigenvalue weighted by Gasteiger charge is 2.39. The van der Waals surface area contributed by atoms with Gasteiger partial charge in [-0.2, -0.15) is 5.10 Å². The topological polar surface area (TPSA) is 63.1 Å². The Kier molecular flexibility index (Phi) is 4.25. The van der Waals surface area contributed by atoms with E-state index in [0.717, 1.165) is 22.3 Å². The van der Waals surface area contributed by atoms with Crippen LogP contribution in [-0.2, 0) is 11.8 Å². The number of anilines is 1. The van der Waals surface area contributed by atoms with E-state index in [0.29, 0.717) is 16.5 Å². The number of likely N-dealkylation sites (N-methyl/N-ethyl adjacent to an activating group) is 1. The summed E-state index contributed by atoms with van der Waals surface area (Å²) in [5, 5.41) is 9.67. The molecule has 1 saturated heterocycles. The number of hydrogen-bond donors (Lipinski definition) is 1. The molecule has 1 aliphatic rings. The molecule has 2 atom stereocenters. The van der Waals surface area contributed by atoms with Crippen molar-refractivity contribution in [1.82, 2.24) is 19.7 Å². The number of hydrogen-bond acceptors (Lipinski definition) is 4. The van der Waals surface area contributed by atoms with Crippen molar-refractivity contribution in [2.45, 2.75) is 18.5 Å². The number of amides is 1. The molecule has 6 nitrogen and oxygen atoms in total. The van der Waals surface area contributed by atoms with Gasteiger partial charge in [-0.25, -0.2) is 4.98 Å². The van der Waals surface area contributed by atoms with E-state index in [1.807, 2.05) is 32.3 Å². The summed E-state index contributed by atoms with van der Waals surface area (Å²) in [4.78, 5) is 18.5. The van der Waals surface area contributed by atoms with Gasteiger partial charge in [0.1, 0.15) is 0 Å². The van der Waals surface area contributed by atoms with E-state index < -0.39 is 0 Å². The third-order valence-electron chi connectivity index (χ3n) is 4.85. The quantitative estimate of drug-likeness (QED) is 0.742. The van der Waals surface area contributed by atoms with Crippen LogP contribution in [0.1, 0.15) is 18.0 Å². The van der Waals surface area contributed by atoms with Crippen molar-refractivity contribution < 1.29 is 4.79 Å². The van der Waals surface area contributed by atoms with Gasteiger partial charge in [-0.3, -0.25) is 9.48 Å². The Morgan fingerprint density at radius 2 is 2.00 bits per heavy atom. The maximum atomic E-state index is 12.4. The molecule has 3 heterocycles.